The molecule has 3 heterocycles. The fraction of sp³-hybridized carbons (Fsp3) is 0.474. The number of hydrogen-bond donors (Lipinski definition) is 1. The quantitative estimate of drug-likeness (QED) is 0.917. The predicted molar refractivity (Wildman–Crippen MR) is 99.7 cm³/mol. The highest BCUT2D eigenvalue weighted by molar-refractivity contribution is 5.75. The number of H-pyrrole nitrogens is 1. The maximum Gasteiger partial charge on any atom is 0.320 e. The third-order valence-electron chi connectivity index (χ3n) is 4.63. The van der Waals surface area contributed by atoms with E-state index < -0.39 is 0 Å². The highest BCUT2D eigenvalue weighted by atomic mass is 16.2. The molecule has 1 aliphatic rings. The van der Waals surface area contributed by atoms with Gasteiger partial charge in [0.1, 0.15) is 5.82 Å². The molecule has 1 N–H and O–H groups in total. The molecular weight excluding hydrogens is 330 g/mol. The largest absolute Gasteiger partial charge is 0.320 e. The summed E-state index contributed by atoms with van der Waals surface area (Å²) in [7, 11) is 0. The minimum atomic E-state index is -0.126. The first-order valence-corrected chi connectivity index (χ1v) is 8.98. The van der Waals surface area contributed by atoms with Crippen LogP contribution in [0.3, 0.4) is 0 Å². The number of carbonyl (C=O) groups is 1. The molecule has 0 aliphatic carbocycles. The molecule has 2 aromatic heterocycles. The van der Waals surface area contributed by atoms with Gasteiger partial charge >= 0.3 is 6.03 Å². The van der Waals surface area contributed by atoms with E-state index in [-0.39, 0.29) is 23.7 Å². The Labute approximate surface area is 153 Å². The predicted octanol–water partition coefficient (Wildman–Crippen LogP) is 2.43. The fourth-order valence-corrected chi connectivity index (χ4v) is 3.45. The van der Waals surface area contributed by atoms with E-state index in [0.29, 0.717) is 36.6 Å². The van der Waals surface area contributed by atoms with Crippen LogP contribution in [0.5, 0.6) is 0 Å². The zero-order valence-corrected chi connectivity index (χ0v) is 15.7. The Morgan fingerprint density at radius 3 is 2.46 bits per heavy atom. The second kappa shape index (κ2) is 7.27. The number of hydrogen-bond acceptors (Lipinski definition) is 4. The van der Waals surface area contributed by atoms with Crippen LogP contribution in [0.1, 0.15) is 39.0 Å². The molecule has 7 nitrogen and oxygen atoms in total. The Balaban J connectivity index is 1.91. The van der Waals surface area contributed by atoms with Crippen molar-refractivity contribution in [2.45, 2.75) is 52.7 Å². The van der Waals surface area contributed by atoms with E-state index in [2.05, 4.69) is 15.0 Å². The van der Waals surface area contributed by atoms with E-state index in [1.807, 2.05) is 32.6 Å². The van der Waals surface area contributed by atoms with Gasteiger partial charge in [0.25, 0.3) is 5.56 Å². The van der Waals surface area contributed by atoms with Gasteiger partial charge < -0.3 is 14.8 Å². The minimum absolute atomic E-state index is 0.00630. The molecule has 0 atom stereocenters. The monoisotopic (exact) mass is 355 g/mol. The summed E-state index contributed by atoms with van der Waals surface area (Å²) in [5.41, 5.74) is 2.02. The van der Waals surface area contributed by atoms with Gasteiger partial charge in [-0.05, 0) is 46.2 Å². The third kappa shape index (κ3) is 3.47. The van der Waals surface area contributed by atoms with Gasteiger partial charge in [0.05, 0.1) is 12.2 Å². The van der Waals surface area contributed by atoms with Crippen molar-refractivity contribution in [1.29, 1.82) is 0 Å². The fourth-order valence-electron chi connectivity index (χ4n) is 3.45. The Kier molecular flexibility index (Phi) is 5.06. The number of urea groups is 1. The number of carbonyl (C=O) groups excluding carboxylic acids is 1. The number of amides is 2. The van der Waals surface area contributed by atoms with Gasteiger partial charge in [0.15, 0.2) is 0 Å². The lowest BCUT2D eigenvalue weighted by molar-refractivity contribution is 0.119. The SMILES string of the molecule is CC(C)N(C(=O)N1CCc2c(nc(-c3ccncc3)[nH]c2=O)C1)C(C)C. The Hall–Kier alpha value is -2.70. The first kappa shape index (κ1) is 18.1. The van der Waals surface area contributed by atoms with Crippen molar-refractivity contribution in [1.82, 2.24) is 24.8 Å². The van der Waals surface area contributed by atoms with Crippen molar-refractivity contribution in [2.24, 2.45) is 0 Å². The van der Waals surface area contributed by atoms with Crippen molar-refractivity contribution in [2.75, 3.05) is 6.54 Å². The van der Waals surface area contributed by atoms with Crippen LogP contribution in [0.25, 0.3) is 11.4 Å². The molecule has 7 heteroatoms. The Morgan fingerprint density at radius 1 is 1.19 bits per heavy atom. The summed E-state index contributed by atoms with van der Waals surface area (Å²) >= 11 is 0. The molecule has 26 heavy (non-hydrogen) atoms. The molecule has 2 aromatic rings. The maximum absolute atomic E-state index is 13.0. The number of pyridine rings is 1. The third-order valence-corrected chi connectivity index (χ3v) is 4.63. The lowest BCUT2D eigenvalue weighted by Gasteiger charge is -2.37. The lowest BCUT2D eigenvalue weighted by Crippen LogP contribution is -2.51. The van der Waals surface area contributed by atoms with Crippen molar-refractivity contribution >= 4 is 6.03 Å². The van der Waals surface area contributed by atoms with Gasteiger partial charge in [-0.15, -0.1) is 0 Å². The van der Waals surface area contributed by atoms with E-state index >= 15 is 0 Å². The zero-order valence-electron chi connectivity index (χ0n) is 15.7. The maximum atomic E-state index is 13.0. The highest BCUT2D eigenvalue weighted by Gasteiger charge is 2.30. The van der Waals surface area contributed by atoms with Crippen molar-refractivity contribution in [3.05, 3.63) is 46.1 Å². The summed E-state index contributed by atoms with van der Waals surface area (Å²) in [5, 5.41) is 0. The van der Waals surface area contributed by atoms with Gasteiger partial charge in [0.2, 0.25) is 0 Å². The molecule has 2 amide bonds. The van der Waals surface area contributed by atoms with Gasteiger partial charge in [-0.3, -0.25) is 9.78 Å². The molecule has 3 rings (SSSR count). The highest BCUT2D eigenvalue weighted by Crippen LogP contribution is 2.20. The first-order chi connectivity index (χ1) is 12.4. The summed E-state index contributed by atoms with van der Waals surface area (Å²) in [6, 6.07) is 3.82. The molecule has 0 radical (unpaired) electrons. The topological polar surface area (TPSA) is 82.2 Å². The van der Waals surface area contributed by atoms with Crippen LogP contribution < -0.4 is 5.56 Å². The molecule has 0 unspecified atom stereocenters. The number of rotatable bonds is 3. The minimum Gasteiger partial charge on any atom is -0.320 e. The molecule has 0 bridgehead atoms. The normalized spacial score (nSPS) is 13.8. The van der Waals surface area contributed by atoms with Crippen molar-refractivity contribution < 1.29 is 4.79 Å². The molecule has 0 fully saturated rings. The van der Waals surface area contributed by atoms with Crippen LogP contribution in [0.2, 0.25) is 0 Å². The van der Waals surface area contributed by atoms with Gasteiger partial charge in [-0.2, -0.15) is 0 Å². The van der Waals surface area contributed by atoms with Crippen LogP contribution in [0.15, 0.2) is 29.3 Å². The second-order valence-corrected chi connectivity index (χ2v) is 7.12. The average Bonchev–Trinajstić information content (AvgIpc) is 2.61. The van der Waals surface area contributed by atoms with Crippen LogP contribution >= 0.6 is 0 Å². The summed E-state index contributed by atoms with van der Waals surface area (Å²) in [5.74, 6) is 0.509. The van der Waals surface area contributed by atoms with Crippen LogP contribution in [-0.2, 0) is 13.0 Å². The van der Waals surface area contributed by atoms with E-state index in [1.165, 1.54) is 0 Å². The van der Waals surface area contributed by atoms with Crippen molar-refractivity contribution in [3.8, 4) is 11.4 Å². The van der Waals surface area contributed by atoms with E-state index in [9.17, 15) is 9.59 Å². The van der Waals surface area contributed by atoms with Crippen molar-refractivity contribution in [3.63, 3.8) is 0 Å². The second-order valence-electron chi connectivity index (χ2n) is 7.12. The molecule has 0 saturated carbocycles. The number of fused-ring (bicyclic) bond motifs is 1. The molecule has 1 aliphatic heterocycles. The lowest BCUT2D eigenvalue weighted by atomic mass is 10.1. The molecular formula is C19H25N5O2. The average molecular weight is 355 g/mol. The van der Waals surface area contributed by atoms with E-state index in [1.54, 1.807) is 29.4 Å². The Bertz CT molecular complexity index is 837. The first-order valence-electron chi connectivity index (χ1n) is 8.98. The summed E-state index contributed by atoms with van der Waals surface area (Å²) in [6.07, 6.45) is 3.84. The van der Waals surface area contributed by atoms with E-state index in [4.69, 9.17) is 0 Å². The van der Waals surface area contributed by atoms with E-state index in [0.717, 1.165) is 5.56 Å². The van der Waals surface area contributed by atoms with Crippen LogP contribution in [0.4, 0.5) is 4.79 Å². The number of nitrogens with one attached hydrogen (secondary N) is 1. The Morgan fingerprint density at radius 2 is 1.85 bits per heavy atom. The number of aromatic nitrogens is 3. The smallest absolute Gasteiger partial charge is 0.320 e. The molecule has 0 aromatic carbocycles. The summed E-state index contributed by atoms with van der Waals surface area (Å²) in [4.78, 5) is 40.5. The van der Waals surface area contributed by atoms with Gasteiger partial charge in [-0.1, -0.05) is 0 Å². The van der Waals surface area contributed by atoms with Gasteiger partial charge in [-0.25, -0.2) is 9.78 Å². The van der Waals surface area contributed by atoms with Crippen LogP contribution in [-0.4, -0.2) is 49.4 Å². The number of aromatic amines is 1. The molecule has 138 valence electrons. The summed E-state index contributed by atoms with van der Waals surface area (Å²) in [6.45, 7) is 8.94. The standard InChI is InChI=1S/C19H25N5O2/c1-12(2)24(13(3)4)19(26)23-10-7-15-16(11-23)21-17(22-18(15)25)14-5-8-20-9-6-14/h5-6,8-9,12-13H,7,10-11H2,1-4H3,(H,21,22,25). The van der Waals surface area contributed by atoms with Gasteiger partial charge in [0, 0.05) is 42.1 Å². The zero-order chi connectivity index (χ0) is 18.8. The van der Waals surface area contributed by atoms with Crippen LogP contribution in [0, 0.1) is 0 Å². The molecule has 0 saturated heterocycles. The molecule has 0 spiro atoms. The number of nitrogens with zero attached hydrogens (tertiary/aromatic N) is 4. The summed E-state index contributed by atoms with van der Waals surface area (Å²) < 4.78 is 0.